The van der Waals surface area contributed by atoms with Gasteiger partial charge in [0.1, 0.15) is 16.2 Å². The third-order valence-corrected chi connectivity index (χ3v) is 3.01. The summed E-state index contributed by atoms with van der Waals surface area (Å²) in [7, 11) is 0. The van der Waals surface area contributed by atoms with Crippen LogP contribution >= 0.6 is 12.2 Å². The largest absolute Gasteiger partial charge is 0.453 e. The third-order valence-electron chi connectivity index (χ3n) is 2.82. The number of nitrogens with zero attached hydrogens (tertiary/aromatic N) is 2. The van der Waals surface area contributed by atoms with E-state index in [0.717, 1.165) is 10.9 Å². The molecule has 5 heteroatoms. The summed E-state index contributed by atoms with van der Waals surface area (Å²) in [6, 6.07) is 13.2. The summed E-state index contributed by atoms with van der Waals surface area (Å²) >= 11 is 4.98. The maximum atomic E-state index is 5.89. The van der Waals surface area contributed by atoms with Gasteiger partial charge in [-0.3, -0.25) is 4.98 Å². The van der Waals surface area contributed by atoms with E-state index in [0.29, 0.717) is 17.2 Å². The summed E-state index contributed by atoms with van der Waals surface area (Å²) < 4.78 is 5.89. The number of pyridine rings is 2. The van der Waals surface area contributed by atoms with E-state index in [1.807, 2.05) is 30.3 Å². The molecule has 0 bridgehead atoms. The monoisotopic (exact) mass is 281 g/mol. The van der Waals surface area contributed by atoms with Crippen molar-refractivity contribution < 1.29 is 4.74 Å². The molecule has 1 aromatic carbocycles. The fraction of sp³-hybridized carbons (Fsp3) is 0. The first-order valence-corrected chi connectivity index (χ1v) is 6.43. The summed E-state index contributed by atoms with van der Waals surface area (Å²) in [6.07, 6.45) is 3.36. The van der Waals surface area contributed by atoms with Crippen molar-refractivity contribution in [1.82, 2.24) is 9.97 Å². The highest BCUT2D eigenvalue weighted by Gasteiger charge is 2.10. The Bertz CT molecular complexity index is 783. The van der Waals surface area contributed by atoms with E-state index in [-0.39, 0.29) is 4.99 Å². The second-order valence-corrected chi connectivity index (χ2v) is 4.59. The molecule has 0 spiro atoms. The minimum Gasteiger partial charge on any atom is -0.453 e. The molecule has 2 aromatic heterocycles. The number of rotatable bonds is 3. The van der Waals surface area contributed by atoms with Crippen molar-refractivity contribution in [3.63, 3.8) is 0 Å². The molecule has 2 N–H and O–H groups in total. The highest BCUT2D eigenvalue weighted by atomic mass is 32.1. The molecule has 0 fully saturated rings. The zero-order chi connectivity index (χ0) is 13.9. The zero-order valence-corrected chi connectivity index (χ0v) is 11.3. The minimum atomic E-state index is 0.203. The predicted octanol–water partition coefficient (Wildman–Crippen LogP) is 3.06. The van der Waals surface area contributed by atoms with Crippen LogP contribution in [-0.2, 0) is 0 Å². The standard InChI is InChI=1S/C15H11N3OS/c16-15(20)14-12(7-3-9-18-14)19-11-6-1-4-10-5-2-8-17-13(10)11/h1-9H,(H2,16,20). The Morgan fingerprint density at radius 3 is 2.50 bits per heavy atom. The number of ether oxygens (including phenoxy) is 1. The molecule has 4 nitrogen and oxygen atoms in total. The molecule has 98 valence electrons. The predicted molar refractivity (Wildman–Crippen MR) is 81.9 cm³/mol. The molecule has 0 unspecified atom stereocenters. The normalized spacial score (nSPS) is 10.4. The Morgan fingerprint density at radius 2 is 1.65 bits per heavy atom. The van der Waals surface area contributed by atoms with Crippen LogP contribution in [0.3, 0.4) is 0 Å². The average Bonchev–Trinajstić information content (AvgIpc) is 2.48. The van der Waals surface area contributed by atoms with Gasteiger partial charge in [-0.2, -0.15) is 0 Å². The van der Waals surface area contributed by atoms with E-state index < -0.39 is 0 Å². The molecular weight excluding hydrogens is 270 g/mol. The lowest BCUT2D eigenvalue weighted by molar-refractivity contribution is 0.483. The quantitative estimate of drug-likeness (QED) is 0.748. The van der Waals surface area contributed by atoms with Crippen molar-refractivity contribution in [2.45, 2.75) is 0 Å². The summed E-state index contributed by atoms with van der Waals surface area (Å²) in [5.41, 5.74) is 6.91. The molecule has 0 aliphatic heterocycles. The molecule has 0 saturated heterocycles. The van der Waals surface area contributed by atoms with E-state index in [4.69, 9.17) is 22.7 Å². The van der Waals surface area contributed by atoms with Crippen LogP contribution in [0, 0.1) is 0 Å². The molecule has 20 heavy (non-hydrogen) atoms. The van der Waals surface area contributed by atoms with Crippen molar-refractivity contribution >= 4 is 28.1 Å². The van der Waals surface area contributed by atoms with Crippen LogP contribution in [-0.4, -0.2) is 15.0 Å². The minimum absolute atomic E-state index is 0.203. The van der Waals surface area contributed by atoms with Gasteiger partial charge in [-0.25, -0.2) is 4.98 Å². The van der Waals surface area contributed by atoms with Gasteiger partial charge in [0.2, 0.25) is 0 Å². The maximum absolute atomic E-state index is 5.89. The van der Waals surface area contributed by atoms with E-state index in [9.17, 15) is 0 Å². The molecule has 0 radical (unpaired) electrons. The van der Waals surface area contributed by atoms with Crippen molar-refractivity contribution in [1.29, 1.82) is 0 Å². The molecular formula is C15H11N3OS. The Kier molecular flexibility index (Phi) is 3.26. The molecule has 3 aromatic rings. The summed E-state index contributed by atoms with van der Waals surface area (Å²) in [5, 5.41) is 1.01. The lowest BCUT2D eigenvalue weighted by Gasteiger charge is -2.10. The van der Waals surface area contributed by atoms with Gasteiger partial charge in [-0.05, 0) is 24.3 Å². The van der Waals surface area contributed by atoms with Crippen LogP contribution in [0.1, 0.15) is 5.69 Å². The zero-order valence-electron chi connectivity index (χ0n) is 10.5. The fourth-order valence-corrected chi connectivity index (χ4v) is 2.09. The SMILES string of the molecule is NC(=S)c1ncccc1Oc1cccc2cccnc12. The smallest absolute Gasteiger partial charge is 0.156 e. The van der Waals surface area contributed by atoms with E-state index in [1.165, 1.54) is 0 Å². The molecule has 0 amide bonds. The van der Waals surface area contributed by atoms with Gasteiger partial charge in [0.05, 0.1) is 0 Å². The van der Waals surface area contributed by atoms with E-state index in [2.05, 4.69) is 9.97 Å². The highest BCUT2D eigenvalue weighted by Crippen LogP contribution is 2.29. The number of para-hydroxylation sites is 1. The number of thiocarbonyl (C=S) groups is 1. The molecule has 0 saturated carbocycles. The Labute approximate surface area is 121 Å². The molecule has 3 rings (SSSR count). The van der Waals surface area contributed by atoms with Gasteiger partial charge in [0.25, 0.3) is 0 Å². The number of fused-ring (bicyclic) bond motifs is 1. The topological polar surface area (TPSA) is 61.0 Å². The van der Waals surface area contributed by atoms with Crippen LogP contribution in [0.4, 0.5) is 0 Å². The van der Waals surface area contributed by atoms with E-state index >= 15 is 0 Å². The first-order valence-electron chi connectivity index (χ1n) is 6.02. The van der Waals surface area contributed by atoms with Gasteiger partial charge in [0.15, 0.2) is 11.5 Å². The van der Waals surface area contributed by atoms with Gasteiger partial charge < -0.3 is 10.5 Å². The number of benzene rings is 1. The molecule has 2 heterocycles. The second kappa shape index (κ2) is 5.22. The van der Waals surface area contributed by atoms with Crippen molar-refractivity contribution in [2.24, 2.45) is 5.73 Å². The van der Waals surface area contributed by atoms with Crippen LogP contribution in [0.25, 0.3) is 10.9 Å². The van der Waals surface area contributed by atoms with Crippen LogP contribution in [0.5, 0.6) is 11.5 Å². The third kappa shape index (κ3) is 2.31. The van der Waals surface area contributed by atoms with Gasteiger partial charge in [0, 0.05) is 17.8 Å². The van der Waals surface area contributed by atoms with Gasteiger partial charge in [-0.1, -0.05) is 30.4 Å². The number of hydrogen-bond acceptors (Lipinski definition) is 4. The summed E-state index contributed by atoms with van der Waals surface area (Å²) in [6.45, 7) is 0. The lowest BCUT2D eigenvalue weighted by Crippen LogP contribution is -2.12. The van der Waals surface area contributed by atoms with Crippen LogP contribution < -0.4 is 10.5 Å². The molecule has 0 aliphatic carbocycles. The first kappa shape index (κ1) is 12.5. The number of hydrogen-bond donors (Lipinski definition) is 1. The van der Waals surface area contributed by atoms with Gasteiger partial charge >= 0.3 is 0 Å². The van der Waals surface area contributed by atoms with Crippen molar-refractivity contribution in [2.75, 3.05) is 0 Å². The molecule has 0 atom stereocenters. The van der Waals surface area contributed by atoms with Crippen molar-refractivity contribution in [3.8, 4) is 11.5 Å². The fourth-order valence-electron chi connectivity index (χ4n) is 1.93. The van der Waals surface area contributed by atoms with E-state index in [1.54, 1.807) is 24.5 Å². The highest BCUT2D eigenvalue weighted by molar-refractivity contribution is 7.80. The maximum Gasteiger partial charge on any atom is 0.156 e. The van der Waals surface area contributed by atoms with Crippen LogP contribution in [0.15, 0.2) is 54.9 Å². The van der Waals surface area contributed by atoms with Crippen LogP contribution in [0.2, 0.25) is 0 Å². The first-order chi connectivity index (χ1) is 9.75. The average molecular weight is 281 g/mol. The van der Waals surface area contributed by atoms with Crippen molar-refractivity contribution in [3.05, 3.63) is 60.6 Å². The Balaban J connectivity index is 2.08. The molecule has 0 aliphatic rings. The lowest BCUT2D eigenvalue weighted by atomic mass is 10.2. The summed E-state index contributed by atoms with van der Waals surface area (Å²) in [4.78, 5) is 8.69. The number of nitrogens with two attached hydrogens (primary N) is 1. The van der Waals surface area contributed by atoms with Gasteiger partial charge in [-0.15, -0.1) is 0 Å². The Morgan fingerprint density at radius 1 is 0.950 bits per heavy atom. The second-order valence-electron chi connectivity index (χ2n) is 4.15. The summed E-state index contributed by atoms with van der Waals surface area (Å²) in [5.74, 6) is 1.17. The Hall–Kier alpha value is -2.53. The number of aromatic nitrogens is 2.